The van der Waals surface area contributed by atoms with Crippen molar-refractivity contribution >= 4 is 10.0 Å². The average Bonchev–Trinajstić information content (AvgIpc) is 2.78. The van der Waals surface area contributed by atoms with Crippen molar-refractivity contribution in [3.05, 3.63) is 11.8 Å². The van der Waals surface area contributed by atoms with Crippen LogP contribution < -0.4 is 10.5 Å². The molecule has 104 valence electrons. The van der Waals surface area contributed by atoms with Crippen LogP contribution in [0, 0.1) is 5.92 Å². The number of rotatable bonds is 7. The molecule has 0 aliphatic rings. The molecule has 0 fully saturated rings. The molecule has 18 heavy (non-hydrogen) atoms. The first-order valence-electron chi connectivity index (χ1n) is 6.20. The number of H-pyrrole nitrogens is 1. The van der Waals surface area contributed by atoms with Crippen LogP contribution in [-0.2, 0) is 16.6 Å². The summed E-state index contributed by atoms with van der Waals surface area (Å²) in [4.78, 5) is 0. The van der Waals surface area contributed by atoms with Gasteiger partial charge < -0.3 is 5.73 Å². The Labute approximate surface area is 108 Å². The minimum Gasteiger partial charge on any atom is -0.326 e. The highest BCUT2D eigenvalue weighted by Gasteiger charge is 2.25. The van der Waals surface area contributed by atoms with Crippen LogP contribution in [0.3, 0.4) is 0 Å². The minimum absolute atomic E-state index is 0.0720. The first-order chi connectivity index (χ1) is 8.46. The number of aromatic nitrogens is 2. The van der Waals surface area contributed by atoms with Crippen molar-refractivity contribution in [2.45, 2.75) is 51.2 Å². The van der Waals surface area contributed by atoms with E-state index in [1.54, 1.807) is 0 Å². The Kier molecular flexibility index (Phi) is 5.30. The summed E-state index contributed by atoms with van der Waals surface area (Å²) in [6.07, 6.45) is 3.32. The highest BCUT2D eigenvalue weighted by molar-refractivity contribution is 7.89. The lowest BCUT2D eigenvalue weighted by molar-refractivity contribution is 0.390. The van der Waals surface area contributed by atoms with E-state index in [9.17, 15) is 8.42 Å². The van der Waals surface area contributed by atoms with Gasteiger partial charge in [0.25, 0.3) is 10.0 Å². The second-order valence-electron chi connectivity index (χ2n) is 4.42. The van der Waals surface area contributed by atoms with Crippen LogP contribution >= 0.6 is 0 Å². The maximum absolute atomic E-state index is 12.2. The molecule has 0 aromatic carbocycles. The van der Waals surface area contributed by atoms with Crippen LogP contribution in [0.2, 0.25) is 0 Å². The molecule has 6 nitrogen and oxygen atoms in total. The molecule has 0 saturated carbocycles. The molecule has 0 amide bonds. The van der Waals surface area contributed by atoms with E-state index in [1.807, 2.05) is 6.92 Å². The zero-order valence-corrected chi connectivity index (χ0v) is 11.9. The Hall–Kier alpha value is -0.920. The molecular weight excluding hydrogens is 252 g/mol. The van der Waals surface area contributed by atoms with Crippen molar-refractivity contribution in [3.63, 3.8) is 0 Å². The maximum Gasteiger partial charge on any atom is 0.258 e. The van der Waals surface area contributed by atoms with Gasteiger partial charge in [-0.2, -0.15) is 5.10 Å². The molecule has 0 radical (unpaired) electrons. The van der Waals surface area contributed by atoms with E-state index in [0.29, 0.717) is 11.5 Å². The van der Waals surface area contributed by atoms with E-state index >= 15 is 0 Å². The Morgan fingerprint density at radius 3 is 2.56 bits per heavy atom. The zero-order valence-electron chi connectivity index (χ0n) is 11.1. The van der Waals surface area contributed by atoms with Crippen LogP contribution in [0.4, 0.5) is 0 Å². The van der Waals surface area contributed by atoms with E-state index in [0.717, 1.165) is 12.8 Å². The third-order valence-corrected chi connectivity index (χ3v) is 4.84. The van der Waals surface area contributed by atoms with Crippen molar-refractivity contribution in [1.82, 2.24) is 14.9 Å². The minimum atomic E-state index is -3.57. The standard InChI is InChI=1S/C11H22N4O2S/c1-4-9(5-2)8(3)15-18(16,17)11-10(6-12)7-13-14-11/h7-9,15H,4-6,12H2,1-3H3,(H,13,14). The van der Waals surface area contributed by atoms with E-state index in [-0.39, 0.29) is 17.6 Å². The van der Waals surface area contributed by atoms with Gasteiger partial charge in [-0.25, -0.2) is 13.1 Å². The third-order valence-electron chi connectivity index (χ3n) is 3.26. The van der Waals surface area contributed by atoms with Crippen LogP contribution in [0.25, 0.3) is 0 Å². The molecule has 1 rings (SSSR count). The normalized spacial score (nSPS) is 14.1. The summed E-state index contributed by atoms with van der Waals surface area (Å²) in [5.41, 5.74) is 5.98. The fourth-order valence-corrected chi connectivity index (χ4v) is 3.53. The summed E-state index contributed by atoms with van der Waals surface area (Å²) in [7, 11) is -3.57. The van der Waals surface area contributed by atoms with Crippen molar-refractivity contribution in [1.29, 1.82) is 0 Å². The van der Waals surface area contributed by atoms with Gasteiger partial charge in [0.2, 0.25) is 0 Å². The molecule has 1 atom stereocenters. The van der Waals surface area contributed by atoms with E-state index in [1.165, 1.54) is 6.20 Å². The Bertz CT molecular complexity index is 465. The number of sulfonamides is 1. The first-order valence-corrected chi connectivity index (χ1v) is 7.69. The number of nitrogens with two attached hydrogens (primary N) is 1. The number of nitrogens with one attached hydrogen (secondary N) is 2. The van der Waals surface area contributed by atoms with E-state index < -0.39 is 10.0 Å². The highest BCUT2D eigenvalue weighted by Crippen LogP contribution is 2.17. The lowest BCUT2D eigenvalue weighted by atomic mass is 9.96. The molecule has 1 aromatic rings. The van der Waals surface area contributed by atoms with E-state index in [4.69, 9.17) is 5.73 Å². The van der Waals surface area contributed by atoms with Gasteiger partial charge in [-0.15, -0.1) is 0 Å². The smallest absolute Gasteiger partial charge is 0.258 e. The predicted octanol–water partition coefficient (Wildman–Crippen LogP) is 0.971. The molecule has 0 aliphatic heterocycles. The fourth-order valence-electron chi connectivity index (χ4n) is 2.07. The van der Waals surface area contributed by atoms with Gasteiger partial charge in [-0.3, -0.25) is 5.10 Å². The zero-order chi connectivity index (χ0) is 13.8. The molecule has 0 spiro atoms. The average molecular weight is 274 g/mol. The molecule has 1 unspecified atom stereocenters. The summed E-state index contributed by atoms with van der Waals surface area (Å²) < 4.78 is 27.0. The summed E-state index contributed by atoms with van der Waals surface area (Å²) in [6.45, 7) is 6.14. The largest absolute Gasteiger partial charge is 0.326 e. The fraction of sp³-hybridized carbons (Fsp3) is 0.727. The van der Waals surface area contributed by atoms with Crippen molar-refractivity contribution in [2.75, 3.05) is 0 Å². The van der Waals surface area contributed by atoms with Crippen molar-refractivity contribution < 1.29 is 8.42 Å². The monoisotopic (exact) mass is 274 g/mol. The molecule has 0 bridgehead atoms. The van der Waals surface area contributed by atoms with Crippen molar-refractivity contribution in [3.8, 4) is 0 Å². The molecule has 0 saturated heterocycles. The first kappa shape index (κ1) is 15.1. The lowest BCUT2D eigenvalue weighted by Gasteiger charge is -2.22. The third kappa shape index (κ3) is 3.30. The number of hydrogen-bond acceptors (Lipinski definition) is 4. The maximum atomic E-state index is 12.2. The Morgan fingerprint density at radius 1 is 1.44 bits per heavy atom. The second kappa shape index (κ2) is 6.31. The van der Waals surface area contributed by atoms with Gasteiger partial charge >= 0.3 is 0 Å². The summed E-state index contributed by atoms with van der Waals surface area (Å²) in [5, 5.41) is 6.30. The van der Waals surface area contributed by atoms with Gasteiger partial charge in [0.15, 0.2) is 5.03 Å². The number of hydrogen-bond donors (Lipinski definition) is 3. The predicted molar refractivity (Wildman–Crippen MR) is 70.3 cm³/mol. The van der Waals surface area contributed by atoms with Crippen LogP contribution in [0.1, 0.15) is 39.2 Å². The number of nitrogens with zero attached hydrogens (tertiary/aromatic N) is 1. The summed E-state index contributed by atoms with van der Waals surface area (Å²) in [5.74, 6) is 0.323. The van der Waals surface area contributed by atoms with Gasteiger partial charge in [-0.05, 0) is 12.8 Å². The molecular formula is C11H22N4O2S. The van der Waals surface area contributed by atoms with Crippen LogP contribution in [-0.4, -0.2) is 24.7 Å². The van der Waals surface area contributed by atoms with Crippen LogP contribution in [0.15, 0.2) is 11.2 Å². The highest BCUT2D eigenvalue weighted by atomic mass is 32.2. The van der Waals surface area contributed by atoms with Crippen molar-refractivity contribution in [2.24, 2.45) is 11.7 Å². The molecule has 1 heterocycles. The molecule has 7 heteroatoms. The summed E-state index contributed by atoms with van der Waals surface area (Å²) in [6, 6.07) is -0.112. The Morgan fingerprint density at radius 2 is 2.06 bits per heavy atom. The van der Waals surface area contributed by atoms with E-state index in [2.05, 4.69) is 28.8 Å². The van der Waals surface area contributed by atoms with Gasteiger partial charge in [0.05, 0.1) is 6.20 Å². The molecule has 0 aliphatic carbocycles. The Balaban J connectivity index is 2.89. The number of aromatic amines is 1. The SMILES string of the molecule is CCC(CC)C(C)NS(=O)(=O)c1[nH]ncc1CN. The topological polar surface area (TPSA) is 101 Å². The quantitative estimate of drug-likeness (QED) is 0.689. The van der Waals surface area contributed by atoms with Crippen LogP contribution in [0.5, 0.6) is 0 Å². The van der Waals surface area contributed by atoms with Gasteiger partial charge in [-0.1, -0.05) is 26.7 Å². The second-order valence-corrected chi connectivity index (χ2v) is 6.07. The molecule has 1 aromatic heterocycles. The van der Waals surface area contributed by atoms with Gasteiger partial charge in [0.1, 0.15) is 0 Å². The molecule has 4 N–H and O–H groups in total. The van der Waals surface area contributed by atoms with Gasteiger partial charge in [0, 0.05) is 18.2 Å². The lowest BCUT2D eigenvalue weighted by Crippen LogP contribution is -2.38. The summed E-state index contributed by atoms with van der Waals surface area (Å²) >= 11 is 0.